The van der Waals surface area contributed by atoms with Crippen LogP contribution in [-0.2, 0) is 6.54 Å². The number of methoxy groups -OCH3 is 1. The Morgan fingerprint density at radius 1 is 1.43 bits per heavy atom. The summed E-state index contributed by atoms with van der Waals surface area (Å²) in [4.78, 5) is 2.61. The van der Waals surface area contributed by atoms with E-state index in [0.717, 1.165) is 36.3 Å². The molecule has 0 radical (unpaired) electrons. The lowest BCUT2D eigenvalue weighted by Gasteiger charge is -2.46. The Balaban J connectivity index is 2.18. The lowest BCUT2D eigenvalue weighted by Crippen LogP contribution is -2.62. The van der Waals surface area contributed by atoms with Gasteiger partial charge in [0.25, 0.3) is 0 Å². The predicted molar refractivity (Wildman–Crippen MR) is 91.9 cm³/mol. The molecule has 1 aromatic carbocycles. The molecule has 21 heavy (non-hydrogen) atoms. The molecule has 3 nitrogen and oxygen atoms in total. The van der Waals surface area contributed by atoms with E-state index in [9.17, 15) is 0 Å². The summed E-state index contributed by atoms with van der Waals surface area (Å²) in [7, 11) is 1.72. The van der Waals surface area contributed by atoms with Crippen molar-refractivity contribution in [2.45, 2.75) is 51.7 Å². The molecule has 0 saturated carbocycles. The van der Waals surface area contributed by atoms with Crippen LogP contribution in [0.4, 0.5) is 0 Å². The van der Waals surface area contributed by atoms with Gasteiger partial charge in [-0.2, -0.15) is 0 Å². The van der Waals surface area contributed by atoms with Gasteiger partial charge >= 0.3 is 0 Å². The van der Waals surface area contributed by atoms with Gasteiger partial charge < -0.3 is 10.1 Å². The maximum Gasteiger partial charge on any atom is 0.119 e. The van der Waals surface area contributed by atoms with Crippen LogP contribution < -0.4 is 10.1 Å². The zero-order valence-electron chi connectivity index (χ0n) is 13.6. The minimum atomic E-state index is 0.219. The smallest absolute Gasteiger partial charge is 0.119 e. The number of ether oxygens (including phenoxy) is 1. The van der Waals surface area contributed by atoms with E-state index in [-0.39, 0.29) is 5.54 Å². The zero-order valence-corrected chi connectivity index (χ0v) is 15.2. The van der Waals surface area contributed by atoms with E-state index < -0.39 is 0 Å². The number of hydrogen-bond acceptors (Lipinski definition) is 3. The van der Waals surface area contributed by atoms with Gasteiger partial charge in [-0.15, -0.1) is 0 Å². The van der Waals surface area contributed by atoms with Crippen molar-refractivity contribution in [1.29, 1.82) is 0 Å². The lowest BCUT2D eigenvalue weighted by molar-refractivity contribution is 0.0753. The summed E-state index contributed by atoms with van der Waals surface area (Å²) in [6.45, 7) is 9.99. The summed E-state index contributed by atoms with van der Waals surface area (Å²) >= 11 is 3.68. The van der Waals surface area contributed by atoms with Crippen LogP contribution in [0.5, 0.6) is 5.75 Å². The van der Waals surface area contributed by atoms with Crippen molar-refractivity contribution in [3.63, 3.8) is 0 Å². The first-order valence-electron chi connectivity index (χ1n) is 7.82. The number of nitrogens with zero attached hydrogens (tertiary/aromatic N) is 1. The Labute approximate surface area is 137 Å². The topological polar surface area (TPSA) is 24.5 Å². The third-order valence-electron chi connectivity index (χ3n) is 4.71. The molecule has 0 aromatic heterocycles. The molecule has 1 fully saturated rings. The molecule has 1 aromatic rings. The Kier molecular flexibility index (Phi) is 5.69. The molecule has 0 spiro atoms. The Bertz CT molecular complexity index is 480. The van der Waals surface area contributed by atoms with E-state index in [1.807, 2.05) is 6.07 Å². The third kappa shape index (κ3) is 3.99. The molecule has 4 heteroatoms. The van der Waals surface area contributed by atoms with Gasteiger partial charge in [0, 0.05) is 35.7 Å². The van der Waals surface area contributed by atoms with Crippen molar-refractivity contribution < 1.29 is 4.74 Å². The molecule has 2 rings (SSSR count). The van der Waals surface area contributed by atoms with Crippen LogP contribution >= 0.6 is 15.9 Å². The Morgan fingerprint density at radius 3 is 2.81 bits per heavy atom. The first kappa shape index (κ1) is 16.8. The zero-order chi connectivity index (χ0) is 15.5. The maximum atomic E-state index is 5.36. The van der Waals surface area contributed by atoms with Gasteiger partial charge in [0.15, 0.2) is 0 Å². The predicted octanol–water partition coefficient (Wildman–Crippen LogP) is 3.81. The number of halogens is 1. The van der Waals surface area contributed by atoms with Crippen molar-refractivity contribution in [1.82, 2.24) is 10.2 Å². The Hall–Kier alpha value is -0.580. The molecular weight excluding hydrogens is 328 g/mol. The van der Waals surface area contributed by atoms with Gasteiger partial charge in [-0.05, 0) is 43.5 Å². The molecule has 0 amide bonds. The van der Waals surface area contributed by atoms with Gasteiger partial charge in [-0.3, -0.25) is 4.90 Å². The van der Waals surface area contributed by atoms with Crippen molar-refractivity contribution in [3.8, 4) is 5.75 Å². The molecule has 0 bridgehead atoms. The number of rotatable bonds is 5. The highest BCUT2D eigenvalue weighted by Gasteiger charge is 2.33. The van der Waals surface area contributed by atoms with Crippen LogP contribution in [0.25, 0.3) is 0 Å². The second kappa shape index (κ2) is 7.12. The highest BCUT2D eigenvalue weighted by molar-refractivity contribution is 9.10. The standard InChI is InChI=1S/C17H27BrN2O/c1-5-14-10-19-17(3,6-2)12-20(14)11-13-9-15(21-4)7-8-16(13)18/h7-9,14,19H,5-6,10-12H2,1-4H3. The van der Waals surface area contributed by atoms with E-state index in [1.54, 1.807) is 7.11 Å². The summed E-state index contributed by atoms with van der Waals surface area (Å²) in [6, 6.07) is 6.82. The fourth-order valence-corrected chi connectivity index (χ4v) is 3.34. The minimum absolute atomic E-state index is 0.219. The highest BCUT2D eigenvalue weighted by Crippen LogP contribution is 2.27. The fraction of sp³-hybridized carbons (Fsp3) is 0.647. The summed E-state index contributed by atoms with van der Waals surface area (Å²) in [5, 5.41) is 3.72. The fourth-order valence-electron chi connectivity index (χ4n) is 2.97. The summed E-state index contributed by atoms with van der Waals surface area (Å²) < 4.78 is 6.52. The molecule has 1 aliphatic heterocycles. The van der Waals surface area contributed by atoms with Gasteiger partial charge in [0.05, 0.1) is 7.11 Å². The van der Waals surface area contributed by atoms with E-state index >= 15 is 0 Å². The van der Waals surface area contributed by atoms with Crippen molar-refractivity contribution in [2.24, 2.45) is 0 Å². The summed E-state index contributed by atoms with van der Waals surface area (Å²) in [5.41, 5.74) is 1.52. The number of nitrogens with one attached hydrogen (secondary N) is 1. The van der Waals surface area contributed by atoms with Crippen LogP contribution in [0.1, 0.15) is 39.2 Å². The maximum absolute atomic E-state index is 5.36. The summed E-state index contributed by atoms with van der Waals surface area (Å²) in [6.07, 6.45) is 2.33. The van der Waals surface area contributed by atoms with Crippen molar-refractivity contribution in [3.05, 3.63) is 28.2 Å². The molecule has 2 atom stereocenters. The SMILES string of the molecule is CCC1CNC(C)(CC)CN1Cc1cc(OC)ccc1Br. The largest absolute Gasteiger partial charge is 0.497 e. The van der Waals surface area contributed by atoms with Gasteiger partial charge in [-0.25, -0.2) is 0 Å². The molecule has 1 heterocycles. The number of benzene rings is 1. The van der Waals surface area contributed by atoms with Gasteiger partial charge in [-0.1, -0.05) is 29.8 Å². The molecule has 1 saturated heterocycles. The molecular formula is C17H27BrN2O. The van der Waals surface area contributed by atoms with Crippen LogP contribution in [0.15, 0.2) is 22.7 Å². The van der Waals surface area contributed by atoms with Crippen LogP contribution in [0.3, 0.4) is 0 Å². The van der Waals surface area contributed by atoms with E-state index in [2.05, 4.69) is 59.1 Å². The lowest BCUT2D eigenvalue weighted by atomic mass is 9.92. The molecule has 1 aliphatic rings. The normalized spacial score (nSPS) is 26.8. The third-order valence-corrected chi connectivity index (χ3v) is 5.48. The average molecular weight is 355 g/mol. The number of piperazine rings is 1. The van der Waals surface area contributed by atoms with E-state index in [4.69, 9.17) is 4.74 Å². The monoisotopic (exact) mass is 354 g/mol. The average Bonchev–Trinajstić information content (AvgIpc) is 2.50. The molecule has 0 aliphatic carbocycles. The van der Waals surface area contributed by atoms with Crippen LogP contribution in [0, 0.1) is 0 Å². The van der Waals surface area contributed by atoms with E-state index in [1.165, 1.54) is 12.0 Å². The first-order chi connectivity index (χ1) is 10.0. The van der Waals surface area contributed by atoms with E-state index in [0.29, 0.717) is 6.04 Å². The molecule has 1 N–H and O–H groups in total. The highest BCUT2D eigenvalue weighted by atomic mass is 79.9. The van der Waals surface area contributed by atoms with Crippen molar-refractivity contribution >= 4 is 15.9 Å². The Morgan fingerprint density at radius 2 is 2.19 bits per heavy atom. The van der Waals surface area contributed by atoms with Crippen LogP contribution in [0.2, 0.25) is 0 Å². The summed E-state index contributed by atoms with van der Waals surface area (Å²) in [5.74, 6) is 0.926. The first-order valence-corrected chi connectivity index (χ1v) is 8.62. The van der Waals surface area contributed by atoms with Crippen LogP contribution in [-0.4, -0.2) is 36.7 Å². The second-order valence-corrected chi connectivity index (χ2v) is 7.07. The number of hydrogen-bond donors (Lipinski definition) is 1. The molecule has 118 valence electrons. The molecule has 2 unspecified atom stereocenters. The minimum Gasteiger partial charge on any atom is -0.497 e. The van der Waals surface area contributed by atoms with Gasteiger partial charge in [0.2, 0.25) is 0 Å². The quantitative estimate of drug-likeness (QED) is 0.869. The van der Waals surface area contributed by atoms with Crippen molar-refractivity contribution in [2.75, 3.05) is 20.2 Å². The second-order valence-electron chi connectivity index (χ2n) is 6.22. The van der Waals surface area contributed by atoms with Gasteiger partial charge in [0.1, 0.15) is 5.75 Å².